The number of rotatable bonds is 2. The van der Waals surface area contributed by atoms with Gasteiger partial charge in [-0.05, 0) is 48.6 Å². The van der Waals surface area contributed by atoms with Crippen molar-refractivity contribution in [1.82, 2.24) is 4.57 Å². The van der Waals surface area contributed by atoms with Crippen LogP contribution in [0.3, 0.4) is 0 Å². The largest absolute Gasteiger partial charge is 0.493 e. The van der Waals surface area contributed by atoms with Gasteiger partial charge in [0.25, 0.3) is 0 Å². The quantitative estimate of drug-likeness (QED) is 0.398. The van der Waals surface area contributed by atoms with Crippen LogP contribution in [0.15, 0.2) is 52.7 Å². The predicted octanol–water partition coefficient (Wildman–Crippen LogP) is 6.04. The number of aromatic hydroxyl groups is 1. The number of halogens is 4. The molecule has 0 bridgehead atoms. The summed E-state index contributed by atoms with van der Waals surface area (Å²) in [5, 5.41) is 21.2. The lowest BCUT2D eigenvalue weighted by molar-refractivity contribution is -0.137. The second-order valence-electron chi connectivity index (χ2n) is 5.60. The Morgan fingerprint density at radius 3 is 2.63 bits per heavy atom. The number of hydrogen-bond donors (Lipinski definition) is 2. The molecule has 27 heavy (non-hydrogen) atoms. The van der Waals surface area contributed by atoms with Gasteiger partial charge in [0.1, 0.15) is 0 Å². The molecule has 0 radical (unpaired) electrons. The van der Waals surface area contributed by atoms with Crippen molar-refractivity contribution < 1.29 is 18.3 Å². The average molecular weight is 413 g/mol. The van der Waals surface area contributed by atoms with E-state index in [0.717, 1.165) is 12.1 Å². The normalized spacial score (nSPS) is 12.0. The zero-order valence-electron chi connectivity index (χ0n) is 13.8. The van der Waals surface area contributed by atoms with Gasteiger partial charge in [-0.1, -0.05) is 17.7 Å². The molecule has 3 rings (SSSR count). The van der Waals surface area contributed by atoms with Gasteiger partial charge < -0.3 is 15.0 Å². The van der Waals surface area contributed by atoms with E-state index in [2.05, 4.69) is 15.5 Å². The summed E-state index contributed by atoms with van der Waals surface area (Å²) in [6.07, 6.45) is -4.52. The maximum absolute atomic E-state index is 13.0. The van der Waals surface area contributed by atoms with Crippen LogP contribution >= 0.6 is 23.8 Å². The fourth-order valence-corrected chi connectivity index (χ4v) is 2.85. The van der Waals surface area contributed by atoms with E-state index in [9.17, 15) is 18.3 Å². The van der Waals surface area contributed by atoms with Crippen molar-refractivity contribution in [3.8, 4) is 5.88 Å². The van der Waals surface area contributed by atoms with Crippen molar-refractivity contribution in [2.45, 2.75) is 6.18 Å². The number of nitrogens with one attached hydrogen (secondary N) is 1. The number of hydrogen-bond acceptors (Lipinski definition) is 3. The highest BCUT2D eigenvalue weighted by atomic mass is 35.5. The van der Waals surface area contributed by atoms with Crippen LogP contribution < -0.4 is 5.32 Å². The minimum atomic E-state index is -4.52. The minimum Gasteiger partial charge on any atom is -0.493 e. The predicted molar refractivity (Wildman–Crippen MR) is 102 cm³/mol. The van der Waals surface area contributed by atoms with E-state index in [1.54, 1.807) is 24.3 Å². The maximum atomic E-state index is 13.0. The molecule has 0 unspecified atom stereocenters. The van der Waals surface area contributed by atoms with Gasteiger partial charge in [0.2, 0.25) is 11.0 Å². The van der Waals surface area contributed by atoms with Crippen LogP contribution in [0.2, 0.25) is 5.02 Å². The molecule has 3 aromatic rings. The lowest BCUT2D eigenvalue weighted by atomic mass is 10.1. The maximum Gasteiger partial charge on any atom is 0.416 e. The second kappa shape index (κ2) is 7.16. The molecule has 1 heterocycles. The van der Waals surface area contributed by atoms with Crippen molar-refractivity contribution in [2.24, 2.45) is 17.3 Å². The van der Waals surface area contributed by atoms with Crippen molar-refractivity contribution in [3.63, 3.8) is 0 Å². The van der Waals surface area contributed by atoms with E-state index < -0.39 is 11.7 Å². The van der Waals surface area contributed by atoms with Crippen molar-refractivity contribution in [1.29, 1.82) is 0 Å². The van der Waals surface area contributed by atoms with Gasteiger partial charge in [-0.25, -0.2) is 0 Å². The highest BCUT2D eigenvalue weighted by Gasteiger charge is 2.31. The van der Waals surface area contributed by atoms with Gasteiger partial charge in [-0.3, -0.25) is 0 Å². The Morgan fingerprint density at radius 2 is 1.96 bits per heavy atom. The minimum absolute atomic E-state index is 0.0411. The van der Waals surface area contributed by atoms with Gasteiger partial charge in [0.15, 0.2) is 5.69 Å². The van der Waals surface area contributed by atoms with Crippen LogP contribution in [-0.2, 0) is 13.2 Å². The molecular formula is C17H12ClF3N4OS. The van der Waals surface area contributed by atoms with E-state index >= 15 is 0 Å². The first-order valence-electron chi connectivity index (χ1n) is 7.53. The molecule has 0 aliphatic heterocycles. The Bertz CT molecular complexity index is 1060. The van der Waals surface area contributed by atoms with Gasteiger partial charge in [-0.2, -0.15) is 13.2 Å². The van der Waals surface area contributed by atoms with E-state index in [1.807, 2.05) is 0 Å². The molecular weight excluding hydrogens is 401 g/mol. The summed E-state index contributed by atoms with van der Waals surface area (Å²) in [5.74, 6) is -0.321. The van der Waals surface area contributed by atoms with Crippen LogP contribution in [0.1, 0.15) is 5.56 Å². The van der Waals surface area contributed by atoms with E-state index in [0.29, 0.717) is 16.2 Å². The first-order valence-corrected chi connectivity index (χ1v) is 8.32. The number of nitrogens with zero attached hydrogens (tertiary/aromatic N) is 3. The molecule has 0 atom stereocenters. The lowest BCUT2D eigenvalue weighted by Gasteiger charge is -2.06. The number of benzene rings is 2. The van der Waals surface area contributed by atoms with Crippen molar-refractivity contribution in [3.05, 3.63) is 53.1 Å². The van der Waals surface area contributed by atoms with Crippen molar-refractivity contribution >= 4 is 51.2 Å². The van der Waals surface area contributed by atoms with Gasteiger partial charge >= 0.3 is 6.18 Å². The van der Waals surface area contributed by atoms with E-state index in [4.69, 9.17) is 23.8 Å². The standard InChI is InChI=1S/C17H12ClF3N4OS/c1-25-13-6-5-9(17(19,20)21)7-12(13)14(15(25)26)23-24-16(27)22-11-4-2-3-10(18)8-11/h2-8,26H,1H3,(H,22,27). The summed E-state index contributed by atoms with van der Waals surface area (Å²) in [5.41, 5.74) is 0.00152. The number of fused-ring (bicyclic) bond motifs is 1. The SMILES string of the molecule is Cn1c(O)c(N=NC(=S)Nc2cccc(Cl)c2)c2cc(C(F)(F)F)ccc21. The summed E-state index contributed by atoms with van der Waals surface area (Å²) >= 11 is 10.9. The molecule has 10 heteroatoms. The highest BCUT2D eigenvalue weighted by Crippen LogP contribution is 2.41. The van der Waals surface area contributed by atoms with Gasteiger partial charge in [0.05, 0.1) is 11.1 Å². The monoisotopic (exact) mass is 412 g/mol. The smallest absolute Gasteiger partial charge is 0.416 e. The molecule has 0 aliphatic rings. The Hall–Kier alpha value is -2.65. The zero-order chi connectivity index (χ0) is 19.8. The summed E-state index contributed by atoms with van der Waals surface area (Å²) in [6.45, 7) is 0. The Morgan fingerprint density at radius 1 is 1.22 bits per heavy atom. The zero-order valence-corrected chi connectivity index (χ0v) is 15.3. The van der Waals surface area contributed by atoms with Crippen LogP contribution in [0.4, 0.5) is 24.5 Å². The number of alkyl halides is 3. The molecule has 2 aromatic carbocycles. The molecule has 0 saturated carbocycles. The summed E-state index contributed by atoms with van der Waals surface area (Å²) in [7, 11) is 1.51. The fraction of sp³-hybridized carbons (Fsp3) is 0.118. The Kier molecular flexibility index (Phi) is 5.07. The summed E-state index contributed by atoms with van der Waals surface area (Å²) in [4.78, 5) is 0. The summed E-state index contributed by atoms with van der Waals surface area (Å²) < 4.78 is 40.3. The highest BCUT2D eigenvalue weighted by molar-refractivity contribution is 7.80. The number of azo groups is 1. The van der Waals surface area contributed by atoms with Crippen LogP contribution in [0.25, 0.3) is 10.9 Å². The van der Waals surface area contributed by atoms with Crippen LogP contribution in [0.5, 0.6) is 5.88 Å². The first kappa shape index (κ1) is 19.1. The molecule has 2 N–H and O–H groups in total. The third-order valence-electron chi connectivity index (χ3n) is 3.79. The van der Waals surface area contributed by atoms with Gasteiger partial charge in [0, 0.05) is 23.1 Å². The van der Waals surface area contributed by atoms with Crippen LogP contribution in [-0.4, -0.2) is 14.8 Å². The average Bonchev–Trinajstić information content (AvgIpc) is 2.83. The molecule has 140 valence electrons. The molecule has 1 aromatic heterocycles. The molecule has 0 saturated heterocycles. The summed E-state index contributed by atoms with van der Waals surface area (Å²) in [6, 6.07) is 9.83. The number of anilines is 1. The third-order valence-corrected chi connectivity index (χ3v) is 4.21. The fourth-order valence-electron chi connectivity index (χ4n) is 2.50. The number of aromatic nitrogens is 1. The number of aryl methyl sites for hydroxylation is 1. The Balaban J connectivity index is 1.94. The topological polar surface area (TPSA) is 61.9 Å². The Labute approximate surface area is 162 Å². The molecule has 0 amide bonds. The molecule has 0 spiro atoms. The number of thiocarbonyl (C=S) groups is 1. The molecule has 0 aliphatic carbocycles. The molecule has 5 nitrogen and oxygen atoms in total. The third kappa shape index (κ3) is 4.04. The second-order valence-corrected chi connectivity index (χ2v) is 6.42. The van der Waals surface area contributed by atoms with Crippen molar-refractivity contribution in [2.75, 3.05) is 5.32 Å². The van der Waals surface area contributed by atoms with E-state index in [-0.39, 0.29) is 22.1 Å². The first-order chi connectivity index (χ1) is 12.7. The lowest BCUT2D eigenvalue weighted by Crippen LogP contribution is -2.04. The van der Waals surface area contributed by atoms with Crippen LogP contribution in [0, 0.1) is 0 Å². The van der Waals surface area contributed by atoms with E-state index in [1.165, 1.54) is 17.7 Å². The van der Waals surface area contributed by atoms with Gasteiger partial charge in [-0.15, -0.1) is 10.2 Å². The molecule has 0 fully saturated rings.